The molecule has 1 aliphatic heterocycles. The van der Waals surface area contributed by atoms with Crippen LogP contribution >= 0.6 is 0 Å². The molecule has 116 valence electrons. The molecule has 0 aromatic heterocycles. The highest BCUT2D eigenvalue weighted by Crippen LogP contribution is 2.15. The van der Waals surface area contributed by atoms with Gasteiger partial charge in [-0.1, -0.05) is 6.92 Å². The summed E-state index contributed by atoms with van der Waals surface area (Å²) in [5, 5.41) is 22.7. The van der Waals surface area contributed by atoms with Gasteiger partial charge in [0.25, 0.3) is 0 Å². The number of carbonyl (C=O) groups is 2. The zero-order chi connectivity index (χ0) is 15.0. The lowest BCUT2D eigenvalue weighted by atomic mass is 9.97. The number of likely N-dealkylation sites (tertiary alicyclic amines) is 1. The average molecular weight is 287 g/mol. The van der Waals surface area contributed by atoms with Crippen molar-refractivity contribution < 1.29 is 19.8 Å². The van der Waals surface area contributed by atoms with Crippen molar-refractivity contribution in [2.45, 2.75) is 32.2 Å². The van der Waals surface area contributed by atoms with E-state index >= 15 is 0 Å². The molecule has 0 unspecified atom stereocenters. The molecular weight excluding hydrogens is 262 g/mol. The Labute approximate surface area is 119 Å². The van der Waals surface area contributed by atoms with Gasteiger partial charge in [0.05, 0.1) is 0 Å². The molecular formula is C13H25N3O4. The van der Waals surface area contributed by atoms with Gasteiger partial charge in [0.2, 0.25) is 0 Å². The lowest BCUT2D eigenvalue weighted by Gasteiger charge is -2.31. The van der Waals surface area contributed by atoms with Crippen LogP contribution in [0.3, 0.4) is 0 Å². The second-order valence-corrected chi connectivity index (χ2v) is 5.14. The van der Waals surface area contributed by atoms with Crippen molar-refractivity contribution in [2.75, 3.05) is 32.8 Å². The molecule has 7 nitrogen and oxygen atoms in total. The molecule has 1 rings (SSSR count). The summed E-state index contributed by atoms with van der Waals surface area (Å²) in [7, 11) is 0. The molecule has 0 aliphatic carbocycles. The third-order valence-electron chi connectivity index (χ3n) is 3.73. The number of carboxylic acid groups (broad SMARTS) is 1. The lowest BCUT2D eigenvalue weighted by molar-refractivity contribution is -0.139. The molecule has 1 aliphatic rings. The van der Waals surface area contributed by atoms with Crippen molar-refractivity contribution in [1.29, 1.82) is 0 Å². The Bertz CT molecular complexity index is 317. The van der Waals surface area contributed by atoms with Crippen LogP contribution in [0.2, 0.25) is 0 Å². The Morgan fingerprint density at radius 3 is 2.50 bits per heavy atom. The predicted octanol–water partition coefficient (Wildman–Crippen LogP) is -0.147. The van der Waals surface area contributed by atoms with E-state index in [4.69, 9.17) is 10.2 Å². The van der Waals surface area contributed by atoms with Gasteiger partial charge in [0, 0.05) is 19.6 Å². The minimum absolute atomic E-state index is 0.0115. The zero-order valence-electron chi connectivity index (χ0n) is 12.0. The van der Waals surface area contributed by atoms with Gasteiger partial charge < -0.3 is 25.7 Å². The van der Waals surface area contributed by atoms with Gasteiger partial charge in [-0.05, 0) is 38.4 Å². The van der Waals surface area contributed by atoms with E-state index in [0.717, 1.165) is 32.5 Å². The Kier molecular flexibility index (Phi) is 7.32. The van der Waals surface area contributed by atoms with Crippen molar-refractivity contribution in [3.05, 3.63) is 0 Å². The quantitative estimate of drug-likeness (QED) is 0.522. The number of urea groups is 1. The lowest BCUT2D eigenvalue weighted by Crippen LogP contribution is -2.48. The van der Waals surface area contributed by atoms with Crippen molar-refractivity contribution >= 4 is 12.0 Å². The second kappa shape index (κ2) is 8.76. The number of nitrogens with zero attached hydrogens (tertiary/aromatic N) is 1. The number of carbonyl (C=O) groups excluding carboxylic acids is 1. The van der Waals surface area contributed by atoms with E-state index in [0.29, 0.717) is 12.5 Å². The van der Waals surface area contributed by atoms with Gasteiger partial charge in [0.1, 0.15) is 6.04 Å². The topological polar surface area (TPSA) is 102 Å². The zero-order valence-corrected chi connectivity index (χ0v) is 12.0. The predicted molar refractivity (Wildman–Crippen MR) is 74.5 cm³/mol. The first-order chi connectivity index (χ1) is 9.56. The van der Waals surface area contributed by atoms with Crippen LogP contribution in [-0.4, -0.2) is 65.9 Å². The summed E-state index contributed by atoms with van der Waals surface area (Å²) >= 11 is 0. The fourth-order valence-corrected chi connectivity index (χ4v) is 2.34. The van der Waals surface area contributed by atoms with Crippen LogP contribution in [-0.2, 0) is 4.79 Å². The van der Waals surface area contributed by atoms with Gasteiger partial charge >= 0.3 is 12.0 Å². The summed E-state index contributed by atoms with van der Waals surface area (Å²) in [6.45, 7) is 5.59. The molecule has 1 saturated heterocycles. The maximum absolute atomic E-state index is 11.6. The van der Waals surface area contributed by atoms with Crippen LogP contribution in [0.1, 0.15) is 26.2 Å². The maximum atomic E-state index is 11.6. The number of hydrogen-bond acceptors (Lipinski definition) is 4. The molecule has 20 heavy (non-hydrogen) atoms. The van der Waals surface area contributed by atoms with Crippen LogP contribution in [0.25, 0.3) is 0 Å². The highest BCUT2D eigenvalue weighted by Gasteiger charge is 2.21. The Balaban J connectivity index is 2.24. The number of aliphatic hydroxyl groups is 1. The van der Waals surface area contributed by atoms with Crippen LogP contribution in [0.15, 0.2) is 0 Å². The standard InChI is InChI=1S/C13H25N3O4/c1-2-16-6-3-10(4-7-16)9-14-13(20)15-11(5-8-17)12(18)19/h10-11,17H,2-9H2,1H3,(H,18,19)(H2,14,15,20)/t11-/m0/s1. The maximum Gasteiger partial charge on any atom is 0.326 e. The Hall–Kier alpha value is -1.34. The van der Waals surface area contributed by atoms with Gasteiger partial charge in [-0.3, -0.25) is 0 Å². The minimum Gasteiger partial charge on any atom is -0.480 e. The molecule has 2 amide bonds. The summed E-state index contributed by atoms with van der Waals surface area (Å²) in [5.41, 5.74) is 0. The number of carboxylic acids is 1. The number of hydrogen-bond donors (Lipinski definition) is 4. The van der Waals surface area contributed by atoms with Crippen LogP contribution in [0, 0.1) is 5.92 Å². The minimum atomic E-state index is -1.13. The molecule has 0 spiro atoms. The van der Waals surface area contributed by atoms with Gasteiger partial charge in [-0.2, -0.15) is 0 Å². The summed E-state index contributed by atoms with van der Waals surface area (Å²) < 4.78 is 0. The monoisotopic (exact) mass is 287 g/mol. The first-order valence-electron chi connectivity index (χ1n) is 7.17. The summed E-state index contributed by atoms with van der Waals surface area (Å²) in [6, 6.07) is -1.52. The third-order valence-corrected chi connectivity index (χ3v) is 3.73. The molecule has 1 atom stereocenters. The third kappa shape index (κ3) is 5.75. The number of rotatable bonds is 7. The molecule has 4 N–H and O–H groups in total. The molecule has 7 heteroatoms. The number of nitrogens with one attached hydrogen (secondary N) is 2. The molecule has 1 fully saturated rings. The summed E-state index contributed by atoms with van der Waals surface area (Å²) in [5.74, 6) is -0.685. The Morgan fingerprint density at radius 1 is 1.35 bits per heavy atom. The van der Waals surface area contributed by atoms with Crippen LogP contribution in [0.4, 0.5) is 4.79 Å². The molecule has 0 radical (unpaired) electrons. The molecule has 0 bridgehead atoms. The highest BCUT2D eigenvalue weighted by molar-refractivity contribution is 5.82. The smallest absolute Gasteiger partial charge is 0.326 e. The van der Waals surface area contributed by atoms with Crippen molar-refractivity contribution in [2.24, 2.45) is 5.92 Å². The Morgan fingerprint density at radius 2 is 2.00 bits per heavy atom. The van der Waals surface area contributed by atoms with E-state index in [1.807, 2.05) is 0 Å². The summed E-state index contributed by atoms with van der Waals surface area (Å²) in [4.78, 5) is 24.8. The molecule has 0 saturated carbocycles. The van der Waals surface area contributed by atoms with E-state index in [2.05, 4.69) is 22.5 Å². The average Bonchev–Trinajstić information content (AvgIpc) is 2.45. The highest BCUT2D eigenvalue weighted by atomic mass is 16.4. The first kappa shape index (κ1) is 16.7. The normalized spacial score (nSPS) is 18.5. The van der Waals surface area contributed by atoms with E-state index < -0.39 is 18.0 Å². The fourth-order valence-electron chi connectivity index (χ4n) is 2.34. The van der Waals surface area contributed by atoms with E-state index in [1.54, 1.807) is 0 Å². The SMILES string of the molecule is CCN1CCC(CNC(=O)N[C@@H](CCO)C(=O)O)CC1. The molecule has 0 aromatic rings. The van der Waals surface area contributed by atoms with Gasteiger partial charge in [-0.25, -0.2) is 9.59 Å². The van der Waals surface area contributed by atoms with Crippen LogP contribution in [0.5, 0.6) is 0 Å². The van der Waals surface area contributed by atoms with Gasteiger partial charge in [0.15, 0.2) is 0 Å². The van der Waals surface area contributed by atoms with Crippen molar-refractivity contribution in [1.82, 2.24) is 15.5 Å². The number of aliphatic hydroxyl groups excluding tert-OH is 1. The first-order valence-corrected chi connectivity index (χ1v) is 7.17. The molecule has 1 heterocycles. The largest absolute Gasteiger partial charge is 0.480 e. The van der Waals surface area contributed by atoms with E-state index in [9.17, 15) is 9.59 Å². The van der Waals surface area contributed by atoms with E-state index in [-0.39, 0.29) is 13.0 Å². The molecule has 0 aromatic carbocycles. The van der Waals surface area contributed by atoms with E-state index in [1.165, 1.54) is 0 Å². The summed E-state index contributed by atoms with van der Waals surface area (Å²) in [6.07, 6.45) is 2.11. The van der Waals surface area contributed by atoms with Crippen molar-refractivity contribution in [3.63, 3.8) is 0 Å². The second-order valence-electron chi connectivity index (χ2n) is 5.14. The van der Waals surface area contributed by atoms with Gasteiger partial charge in [-0.15, -0.1) is 0 Å². The number of amides is 2. The number of aliphatic carboxylic acids is 1. The fraction of sp³-hybridized carbons (Fsp3) is 0.846. The number of piperidine rings is 1. The van der Waals surface area contributed by atoms with Crippen LogP contribution < -0.4 is 10.6 Å². The van der Waals surface area contributed by atoms with Crippen molar-refractivity contribution in [3.8, 4) is 0 Å².